The van der Waals surface area contributed by atoms with E-state index in [0.717, 1.165) is 30.4 Å². The highest BCUT2D eigenvalue weighted by atomic mass is 32.1. The number of benzene rings is 2. The van der Waals surface area contributed by atoms with Crippen molar-refractivity contribution in [1.29, 1.82) is 0 Å². The summed E-state index contributed by atoms with van der Waals surface area (Å²) < 4.78 is 10.7. The molecule has 6 heteroatoms. The van der Waals surface area contributed by atoms with Gasteiger partial charge in [0.1, 0.15) is 11.5 Å². The Labute approximate surface area is 179 Å². The van der Waals surface area contributed by atoms with Crippen LogP contribution >= 0.6 is 12.2 Å². The van der Waals surface area contributed by atoms with Gasteiger partial charge in [-0.25, -0.2) is 0 Å². The van der Waals surface area contributed by atoms with Gasteiger partial charge in [-0.1, -0.05) is 19.1 Å². The molecule has 2 aromatic carbocycles. The summed E-state index contributed by atoms with van der Waals surface area (Å²) in [6.45, 7) is 6.73. The van der Waals surface area contributed by atoms with Gasteiger partial charge in [0.05, 0.1) is 25.9 Å². The van der Waals surface area contributed by atoms with Gasteiger partial charge in [0.25, 0.3) is 0 Å². The summed E-state index contributed by atoms with van der Waals surface area (Å²) in [6, 6.07) is 14.5. The SMILES string of the molecule is COc1ccc(NC(=S)N[C@@H](C)c2ccc(N3CCC[C@H](C)C3)cc2)c(OC)c1. The fraction of sp³-hybridized carbons (Fsp3) is 0.435. The molecule has 0 saturated carbocycles. The van der Waals surface area contributed by atoms with Gasteiger partial charge in [-0.15, -0.1) is 0 Å². The molecular formula is C23H31N3O2S. The molecule has 0 radical (unpaired) electrons. The van der Waals surface area contributed by atoms with Gasteiger partial charge in [0.15, 0.2) is 5.11 Å². The molecule has 5 nitrogen and oxygen atoms in total. The highest BCUT2D eigenvalue weighted by Gasteiger charge is 2.17. The van der Waals surface area contributed by atoms with Crippen LogP contribution in [0.25, 0.3) is 0 Å². The monoisotopic (exact) mass is 413 g/mol. The Morgan fingerprint density at radius 1 is 1.14 bits per heavy atom. The van der Waals surface area contributed by atoms with Crippen molar-refractivity contribution < 1.29 is 9.47 Å². The number of nitrogens with one attached hydrogen (secondary N) is 2. The molecule has 0 unspecified atom stereocenters. The molecule has 2 atom stereocenters. The lowest BCUT2D eigenvalue weighted by atomic mass is 9.99. The Bertz CT molecular complexity index is 825. The Hall–Kier alpha value is -2.47. The number of methoxy groups -OCH3 is 2. The van der Waals surface area contributed by atoms with Crippen molar-refractivity contribution >= 4 is 28.7 Å². The van der Waals surface area contributed by atoms with E-state index in [0.29, 0.717) is 10.9 Å². The Kier molecular flexibility index (Phi) is 7.20. The number of hydrogen-bond donors (Lipinski definition) is 2. The normalized spacial score (nSPS) is 17.4. The number of anilines is 2. The van der Waals surface area contributed by atoms with Crippen molar-refractivity contribution in [3.05, 3.63) is 48.0 Å². The first kappa shape index (κ1) is 21.2. The molecule has 1 aliphatic rings. The van der Waals surface area contributed by atoms with Crippen LogP contribution in [0.4, 0.5) is 11.4 Å². The second-order valence-corrected chi connectivity index (χ2v) is 8.08. The minimum absolute atomic E-state index is 0.0913. The van der Waals surface area contributed by atoms with Gasteiger partial charge in [0.2, 0.25) is 0 Å². The minimum atomic E-state index is 0.0913. The van der Waals surface area contributed by atoms with E-state index in [-0.39, 0.29) is 6.04 Å². The summed E-state index contributed by atoms with van der Waals surface area (Å²) in [7, 11) is 3.26. The van der Waals surface area contributed by atoms with E-state index in [1.807, 2.05) is 18.2 Å². The van der Waals surface area contributed by atoms with E-state index >= 15 is 0 Å². The number of nitrogens with zero attached hydrogens (tertiary/aromatic N) is 1. The topological polar surface area (TPSA) is 45.8 Å². The third-order valence-electron chi connectivity index (χ3n) is 5.42. The second-order valence-electron chi connectivity index (χ2n) is 7.67. The average Bonchev–Trinajstić information content (AvgIpc) is 2.74. The van der Waals surface area contributed by atoms with Crippen LogP contribution in [0.5, 0.6) is 11.5 Å². The predicted octanol–water partition coefficient (Wildman–Crippen LogP) is 4.99. The van der Waals surface area contributed by atoms with Crippen molar-refractivity contribution in [3.8, 4) is 11.5 Å². The minimum Gasteiger partial charge on any atom is -0.497 e. The van der Waals surface area contributed by atoms with Crippen LogP contribution in [-0.4, -0.2) is 32.4 Å². The molecule has 3 rings (SSSR count). The van der Waals surface area contributed by atoms with Crippen LogP contribution in [0.2, 0.25) is 0 Å². The largest absolute Gasteiger partial charge is 0.497 e. The zero-order chi connectivity index (χ0) is 20.8. The molecular weight excluding hydrogens is 382 g/mol. The number of hydrogen-bond acceptors (Lipinski definition) is 4. The van der Waals surface area contributed by atoms with Crippen molar-refractivity contribution in [1.82, 2.24) is 5.32 Å². The molecule has 2 N–H and O–H groups in total. The first-order valence-corrected chi connectivity index (χ1v) is 10.6. The summed E-state index contributed by atoms with van der Waals surface area (Å²) in [5.41, 5.74) is 3.30. The zero-order valence-electron chi connectivity index (χ0n) is 17.7. The molecule has 156 valence electrons. The summed E-state index contributed by atoms with van der Waals surface area (Å²) in [4.78, 5) is 2.48. The maximum absolute atomic E-state index is 5.50. The van der Waals surface area contributed by atoms with Crippen molar-refractivity contribution in [2.75, 3.05) is 37.5 Å². The van der Waals surface area contributed by atoms with Gasteiger partial charge in [-0.3, -0.25) is 0 Å². The van der Waals surface area contributed by atoms with Crippen molar-refractivity contribution in [3.63, 3.8) is 0 Å². The highest BCUT2D eigenvalue weighted by Crippen LogP contribution is 2.29. The number of thiocarbonyl (C=S) groups is 1. The fourth-order valence-electron chi connectivity index (χ4n) is 3.74. The van der Waals surface area contributed by atoms with Crippen LogP contribution in [0.3, 0.4) is 0 Å². The summed E-state index contributed by atoms with van der Waals surface area (Å²) >= 11 is 5.50. The molecule has 0 spiro atoms. The van der Waals surface area contributed by atoms with Crippen molar-refractivity contribution in [2.45, 2.75) is 32.7 Å². The van der Waals surface area contributed by atoms with Gasteiger partial charge < -0.3 is 25.0 Å². The van der Waals surface area contributed by atoms with Crippen LogP contribution in [0.1, 0.15) is 38.3 Å². The number of piperidine rings is 1. The standard InChI is InChI=1S/C23H31N3O2S/c1-16-6-5-13-26(15-16)19-9-7-18(8-10-19)17(2)24-23(29)25-21-12-11-20(27-3)14-22(21)28-4/h7-12,14,16-17H,5-6,13,15H2,1-4H3,(H2,24,25,29)/t16-,17-/m0/s1. The maximum Gasteiger partial charge on any atom is 0.171 e. The lowest BCUT2D eigenvalue weighted by molar-refractivity contribution is 0.395. The van der Waals surface area contributed by atoms with Crippen molar-refractivity contribution in [2.24, 2.45) is 5.92 Å². The van der Waals surface area contributed by atoms with Crippen LogP contribution in [0.15, 0.2) is 42.5 Å². The van der Waals surface area contributed by atoms with E-state index in [4.69, 9.17) is 21.7 Å². The Morgan fingerprint density at radius 2 is 1.90 bits per heavy atom. The maximum atomic E-state index is 5.50. The number of rotatable bonds is 6. The molecule has 1 heterocycles. The van der Waals surface area contributed by atoms with Gasteiger partial charge in [-0.05, 0) is 67.7 Å². The quantitative estimate of drug-likeness (QED) is 0.651. The highest BCUT2D eigenvalue weighted by molar-refractivity contribution is 7.80. The van der Waals surface area contributed by atoms with Gasteiger partial charge >= 0.3 is 0 Å². The molecule has 0 aliphatic carbocycles. The van der Waals surface area contributed by atoms with Crippen LogP contribution in [0, 0.1) is 5.92 Å². The summed E-state index contributed by atoms with van der Waals surface area (Å²) in [5.74, 6) is 2.19. The van der Waals surface area contributed by atoms with Crippen LogP contribution < -0.4 is 25.0 Å². The third kappa shape index (κ3) is 5.54. The Morgan fingerprint density at radius 3 is 2.55 bits per heavy atom. The first-order valence-electron chi connectivity index (χ1n) is 10.1. The van der Waals surface area contributed by atoms with E-state index in [1.54, 1.807) is 14.2 Å². The molecule has 0 aromatic heterocycles. The van der Waals surface area contributed by atoms with E-state index in [1.165, 1.54) is 24.1 Å². The third-order valence-corrected chi connectivity index (χ3v) is 5.64. The molecule has 1 saturated heterocycles. The fourth-order valence-corrected chi connectivity index (χ4v) is 4.02. The van der Waals surface area contributed by atoms with Gasteiger partial charge in [0, 0.05) is 24.8 Å². The summed E-state index contributed by atoms with van der Waals surface area (Å²) in [6.07, 6.45) is 2.61. The molecule has 29 heavy (non-hydrogen) atoms. The predicted molar refractivity (Wildman–Crippen MR) is 124 cm³/mol. The Balaban J connectivity index is 1.59. The zero-order valence-corrected chi connectivity index (χ0v) is 18.5. The van der Waals surface area contributed by atoms with Gasteiger partial charge in [-0.2, -0.15) is 0 Å². The average molecular weight is 414 g/mol. The smallest absolute Gasteiger partial charge is 0.171 e. The first-order chi connectivity index (χ1) is 14.0. The molecule has 0 amide bonds. The lowest BCUT2D eigenvalue weighted by Crippen LogP contribution is -2.34. The summed E-state index contributed by atoms with van der Waals surface area (Å²) in [5, 5.41) is 7.11. The van der Waals surface area contributed by atoms with E-state index < -0.39 is 0 Å². The number of ether oxygens (including phenoxy) is 2. The molecule has 1 fully saturated rings. The van der Waals surface area contributed by atoms with Crippen LogP contribution in [-0.2, 0) is 0 Å². The second kappa shape index (κ2) is 9.83. The molecule has 2 aromatic rings. The van der Waals surface area contributed by atoms with E-state index in [2.05, 4.69) is 53.6 Å². The molecule has 1 aliphatic heterocycles. The molecule has 0 bridgehead atoms. The lowest BCUT2D eigenvalue weighted by Gasteiger charge is -2.33. The van der Waals surface area contributed by atoms with E-state index in [9.17, 15) is 0 Å².